The predicted molar refractivity (Wildman–Crippen MR) is 162 cm³/mol. The summed E-state index contributed by atoms with van der Waals surface area (Å²) in [5.74, 6) is 0.465. The predicted octanol–water partition coefficient (Wildman–Crippen LogP) is 3.47. The number of aromatic nitrogens is 4. The van der Waals surface area contributed by atoms with Gasteiger partial charge in [0.25, 0.3) is 15.7 Å². The molecule has 0 bridgehead atoms. The number of hydrogen-bond donors (Lipinski definition) is 1. The second kappa shape index (κ2) is 14.3. The van der Waals surface area contributed by atoms with Crippen molar-refractivity contribution in [2.75, 3.05) is 39.2 Å². The molecule has 1 N–H and O–H groups in total. The summed E-state index contributed by atoms with van der Waals surface area (Å²) < 4.78 is 70.6. The molecule has 0 amide bonds. The summed E-state index contributed by atoms with van der Waals surface area (Å²) in [6.07, 6.45) is 6.82. The molecule has 2 aromatic heterocycles. The van der Waals surface area contributed by atoms with Gasteiger partial charge in [-0.2, -0.15) is 12.7 Å². The summed E-state index contributed by atoms with van der Waals surface area (Å²) in [4.78, 5) is 25.1. The summed E-state index contributed by atoms with van der Waals surface area (Å²) in [6, 6.07) is 4.02. The first kappa shape index (κ1) is 33.1. The van der Waals surface area contributed by atoms with E-state index in [1.807, 2.05) is 6.92 Å². The summed E-state index contributed by atoms with van der Waals surface area (Å²) in [6.45, 7) is 7.17. The number of aromatic amines is 1. The minimum atomic E-state index is -3.85. The van der Waals surface area contributed by atoms with Crippen LogP contribution in [-0.2, 0) is 29.1 Å². The zero-order valence-electron chi connectivity index (χ0n) is 25.1. The molecule has 4 rings (SSSR count). The van der Waals surface area contributed by atoms with E-state index in [2.05, 4.69) is 16.9 Å². The third-order valence-electron chi connectivity index (χ3n) is 7.29. The molecule has 43 heavy (non-hydrogen) atoms. The van der Waals surface area contributed by atoms with Crippen molar-refractivity contribution in [3.63, 3.8) is 0 Å². The van der Waals surface area contributed by atoms with Gasteiger partial charge in [0.15, 0.2) is 11.2 Å². The van der Waals surface area contributed by atoms with Gasteiger partial charge in [-0.1, -0.05) is 39.5 Å². The zero-order valence-corrected chi connectivity index (χ0v) is 26.7. The van der Waals surface area contributed by atoms with E-state index in [0.29, 0.717) is 44.0 Å². The molecule has 2 unspecified atom stereocenters. The van der Waals surface area contributed by atoms with Gasteiger partial charge in [0, 0.05) is 13.1 Å². The summed E-state index contributed by atoms with van der Waals surface area (Å²) in [5, 5.41) is 0. The lowest BCUT2D eigenvalue weighted by Gasteiger charge is -2.26. The third-order valence-corrected chi connectivity index (χ3v) is 9.83. The highest BCUT2D eigenvalue weighted by Gasteiger charge is 2.29. The molecular weight excluding hydrogens is 598 g/mol. The first-order chi connectivity index (χ1) is 20.5. The monoisotopic (exact) mass is 639 g/mol. The number of nitrogens with zero attached hydrogens (tertiary/aromatic N) is 4. The minimum Gasteiger partial charge on any atom is -0.493 e. The molecular formula is C28H41N5O8S2. The van der Waals surface area contributed by atoms with E-state index in [1.165, 1.54) is 22.8 Å². The topological polar surface area (TPSA) is 163 Å². The maximum Gasteiger partial charge on any atom is 0.279 e. The number of nitrogens with one attached hydrogen (secondary N) is 1. The smallest absolute Gasteiger partial charge is 0.279 e. The standard InChI is InChI=1S/C28H41N5O8S2/c1-5-7-8-9-10-23(20(3)41-42(4,35)36)33-19-29-25-27(33)30-26(31-28(25)34)22-18-21(11-12-24(22)40-15-6-2)43(37,38)32-13-16-39-17-14-32/h11-12,18-20,23H,5-10,13-17H2,1-4H3,(H,30,31,34). The Morgan fingerprint density at radius 3 is 2.49 bits per heavy atom. The lowest BCUT2D eigenvalue weighted by molar-refractivity contribution is 0.0730. The van der Waals surface area contributed by atoms with E-state index in [1.54, 1.807) is 17.6 Å². The van der Waals surface area contributed by atoms with Crippen LogP contribution in [0, 0.1) is 0 Å². The maximum atomic E-state index is 13.5. The highest BCUT2D eigenvalue weighted by Crippen LogP contribution is 2.33. The SMILES string of the molecule is CCCCCCC(C(C)OS(C)(=O)=O)n1cnc2c(=O)[nH]c(-c3cc(S(=O)(=O)N4CCOCC4)ccc3OCCC)nc21. The van der Waals surface area contributed by atoms with Crippen molar-refractivity contribution in [3.05, 3.63) is 34.9 Å². The van der Waals surface area contributed by atoms with Crippen LogP contribution in [0.25, 0.3) is 22.6 Å². The summed E-state index contributed by atoms with van der Waals surface area (Å²) in [5.41, 5.74) is 0.0746. The van der Waals surface area contributed by atoms with Crippen LogP contribution in [0.2, 0.25) is 0 Å². The van der Waals surface area contributed by atoms with Gasteiger partial charge < -0.3 is 19.0 Å². The second-order valence-corrected chi connectivity index (χ2v) is 14.2. The van der Waals surface area contributed by atoms with Gasteiger partial charge in [-0.15, -0.1) is 0 Å². The van der Waals surface area contributed by atoms with Gasteiger partial charge in [0.05, 0.1) is 55.0 Å². The molecule has 1 aromatic carbocycles. The van der Waals surface area contributed by atoms with E-state index in [0.717, 1.165) is 31.9 Å². The van der Waals surface area contributed by atoms with Crippen LogP contribution in [0.3, 0.4) is 0 Å². The van der Waals surface area contributed by atoms with Crippen LogP contribution in [0.1, 0.15) is 65.3 Å². The Balaban J connectivity index is 1.83. The van der Waals surface area contributed by atoms with Gasteiger partial charge in [-0.05, 0) is 38.0 Å². The van der Waals surface area contributed by atoms with Gasteiger partial charge in [-0.25, -0.2) is 18.4 Å². The molecule has 1 fully saturated rings. The number of imidazole rings is 1. The average molecular weight is 640 g/mol. The number of morpholine rings is 1. The lowest BCUT2D eigenvalue weighted by Crippen LogP contribution is -2.40. The van der Waals surface area contributed by atoms with E-state index >= 15 is 0 Å². The number of benzene rings is 1. The quantitative estimate of drug-likeness (QED) is 0.192. The van der Waals surface area contributed by atoms with Crippen molar-refractivity contribution >= 4 is 31.3 Å². The van der Waals surface area contributed by atoms with Crippen molar-refractivity contribution in [3.8, 4) is 17.1 Å². The summed E-state index contributed by atoms with van der Waals surface area (Å²) >= 11 is 0. The van der Waals surface area contributed by atoms with Crippen molar-refractivity contribution in [2.24, 2.45) is 0 Å². The Labute approximate surface area is 252 Å². The normalized spacial score (nSPS) is 16.4. The zero-order chi connectivity index (χ0) is 31.2. The maximum absolute atomic E-state index is 13.5. The Morgan fingerprint density at radius 1 is 1.07 bits per heavy atom. The Morgan fingerprint density at radius 2 is 1.81 bits per heavy atom. The van der Waals surface area contributed by atoms with Gasteiger partial charge in [0.1, 0.15) is 11.6 Å². The highest BCUT2D eigenvalue weighted by atomic mass is 32.2. The molecule has 3 heterocycles. The largest absolute Gasteiger partial charge is 0.493 e. The van der Waals surface area contributed by atoms with Crippen LogP contribution in [0.15, 0.2) is 34.2 Å². The van der Waals surface area contributed by atoms with Crippen molar-refractivity contribution in [2.45, 2.75) is 76.3 Å². The highest BCUT2D eigenvalue weighted by molar-refractivity contribution is 7.89. The number of rotatable bonds is 15. The molecule has 3 aromatic rings. The molecule has 0 aliphatic carbocycles. The number of ether oxygens (including phenoxy) is 2. The van der Waals surface area contributed by atoms with Crippen LogP contribution >= 0.6 is 0 Å². The van der Waals surface area contributed by atoms with E-state index in [4.69, 9.17) is 18.6 Å². The Hall–Kier alpha value is -2.85. The molecule has 1 saturated heterocycles. The molecule has 1 aliphatic rings. The van der Waals surface area contributed by atoms with E-state index in [-0.39, 0.29) is 35.0 Å². The molecule has 1 aliphatic heterocycles. The Kier molecular flexibility index (Phi) is 11.0. The number of hydrogen-bond acceptors (Lipinski definition) is 10. The number of H-pyrrole nitrogens is 1. The molecule has 15 heteroatoms. The fourth-order valence-corrected chi connectivity index (χ4v) is 7.26. The van der Waals surface area contributed by atoms with Crippen molar-refractivity contribution in [1.82, 2.24) is 23.8 Å². The fraction of sp³-hybridized carbons (Fsp3) is 0.607. The van der Waals surface area contributed by atoms with E-state index < -0.39 is 37.8 Å². The van der Waals surface area contributed by atoms with Crippen molar-refractivity contribution in [1.29, 1.82) is 0 Å². The average Bonchev–Trinajstić information content (AvgIpc) is 3.39. The summed E-state index contributed by atoms with van der Waals surface area (Å²) in [7, 11) is -7.61. The molecule has 238 valence electrons. The third kappa shape index (κ3) is 8.01. The first-order valence-electron chi connectivity index (χ1n) is 14.7. The van der Waals surface area contributed by atoms with Gasteiger partial charge in [0.2, 0.25) is 10.0 Å². The van der Waals surface area contributed by atoms with Crippen LogP contribution < -0.4 is 10.3 Å². The first-order valence-corrected chi connectivity index (χ1v) is 17.9. The molecule has 13 nitrogen and oxygen atoms in total. The number of fused-ring (bicyclic) bond motifs is 1. The number of sulfonamides is 1. The molecule has 0 radical (unpaired) electrons. The molecule has 0 saturated carbocycles. The van der Waals surface area contributed by atoms with E-state index in [9.17, 15) is 21.6 Å². The molecule has 2 atom stereocenters. The minimum absolute atomic E-state index is 0.0356. The number of unbranched alkanes of at least 4 members (excludes halogenated alkanes) is 3. The Bertz CT molecular complexity index is 1660. The van der Waals surface area contributed by atoms with Crippen LogP contribution in [-0.4, -0.2) is 85.9 Å². The lowest BCUT2D eigenvalue weighted by atomic mass is 10.0. The van der Waals surface area contributed by atoms with Gasteiger partial charge in [-0.3, -0.25) is 8.98 Å². The molecule has 0 spiro atoms. The second-order valence-electron chi connectivity index (χ2n) is 10.7. The fourth-order valence-electron chi connectivity index (χ4n) is 5.14. The van der Waals surface area contributed by atoms with Crippen molar-refractivity contribution < 1.29 is 30.5 Å². The van der Waals surface area contributed by atoms with Crippen LogP contribution in [0.5, 0.6) is 5.75 Å². The van der Waals surface area contributed by atoms with Gasteiger partial charge >= 0.3 is 0 Å². The van der Waals surface area contributed by atoms with Crippen LogP contribution in [0.4, 0.5) is 0 Å².